The van der Waals surface area contributed by atoms with E-state index in [0.717, 1.165) is 0 Å². The van der Waals surface area contributed by atoms with E-state index in [4.69, 9.17) is 9.47 Å². The van der Waals surface area contributed by atoms with Crippen molar-refractivity contribution in [3.8, 4) is 17.0 Å². The molecule has 0 aliphatic heterocycles. The minimum Gasteiger partial charge on any atom is -0.497 e. The summed E-state index contributed by atoms with van der Waals surface area (Å²) in [5.41, 5.74) is 1.15. The molecule has 1 aromatic carbocycles. The molecule has 0 bridgehead atoms. The van der Waals surface area contributed by atoms with Crippen LogP contribution in [0.5, 0.6) is 5.75 Å². The molecule has 2 aromatic rings. The molecule has 0 saturated heterocycles. The maximum absolute atomic E-state index is 12.6. The highest BCUT2D eigenvalue weighted by molar-refractivity contribution is 5.94. The molecule has 2 rings (SSSR count). The van der Waals surface area contributed by atoms with Gasteiger partial charge in [0.25, 0.3) is 0 Å². The molecule has 112 valence electrons. The van der Waals surface area contributed by atoms with Gasteiger partial charge in [-0.3, -0.25) is 0 Å². The largest absolute Gasteiger partial charge is 0.497 e. The SMILES string of the molecule is CCOC(=O)c1nnn(CCF)c1-c1cccc(OC)c1. The average Bonchev–Trinajstić information content (AvgIpc) is 2.92. The summed E-state index contributed by atoms with van der Waals surface area (Å²) in [6.45, 7) is 1.34. The fourth-order valence-corrected chi connectivity index (χ4v) is 1.94. The molecule has 0 aliphatic carbocycles. The molecule has 0 saturated carbocycles. The van der Waals surface area contributed by atoms with E-state index in [1.54, 1.807) is 38.3 Å². The molecule has 1 aromatic heterocycles. The molecule has 0 spiro atoms. The van der Waals surface area contributed by atoms with Gasteiger partial charge >= 0.3 is 5.97 Å². The smallest absolute Gasteiger partial charge is 0.361 e. The Morgan fingerprint density at radius 1 is 1.43 bits per heavy atom. The van der Waals surface area contributed by atoms with Crippen molar-refractivity contribution < 1.29 is 18.7 Å². The Kier molecular flexibility index (Phi) is 4.86. The fraction of sp³-hybridized carbons (Fsp3) is 0.357. The summed E-state index contributed by atoms with van der Waals surface area (Å²) in [6.07, 6.45) is 0. The zero-order valence-corrected chi connectivity index (χ0v) is 11.9. The third kappa shape index (κ3) is 3.18. The molecule has 0 amide bonds. The van der Waals surface area contributed by atoms with Crippen molar-refractivity contribution in [2.75, 3.05) is 20.4 Å². The quantitative estimate of drug-likeness (QED) is 0.763. The second-order valence-electron chi connectivity index (χ2n) is 4.15. The first-order valence-corrected chi connectivity index (χ1v) is 6.52. The lowest BCUT2D eigenvalue weighted by Gasteiger charge is -2.08. The third-order valence-electron chi connectivity index (χ3n) is 2.84. The Labute approximate surface area is 121 Å². The molecule has 0 unspecified atom stereocenters. The lowest BCUT2D eigenvalue weighted by atomic mass is 10.1. The number of alkyl halides is 1. The summed E-state index contributed by atoms with van der Waals surface area (Å²) in [5.74, 6) is 0.0377. The molecule has 0 radical (unpaired) electrons. The number of carbonyl (C=O) groups is 1. The van der Waals surface area contributed by atoms with E-state index in [2.05, 4.69) is 10.3 Å². The van der Waals surface area contributed by atoms with E-state index in [1.807, 2.05) is 0 Å². The maximum atomic E-state index is 12.6. The molecule has 0 N–H and O–H groups in total. The van der Waals surface area contributed by atoms with Gasteiger partial charge in [-0.05, 0) is 19.1 Å². The predicted octanol–water partition coefficient (Wildman–Crippen LogP) is 2.10. The normalized spacial score (nSPS) is 10.4. The van der Waals surface area contributed by atoms with Crippen molar-refractivity contribution in [3.05, 3.63) is 30.0 Å². The summed E-state index contributed by atoms with van der Waals surface area (Å²) in [7, 11) is 1.54. The van der Waals surface area contributed by atoms with Crippen LogP contribution in [0.4, 0.5) is 4.39 Å². The Morgan fingerprint density at radius 3 is 2.90 bits per heavy atom. The highest BCUT2D eigenvalue weighted by Crippen LogP contribution is 2.26. The van der Waals surface area contributed by atoms with E-state index < -0.39 is 12.6 Å². The first kappa shape index (κ1) is 15.0. The van der Waals surface area contributed by atoms with Crippen LogP contribution in [0.15, 0.2) is 24.3 Å². The van der Waals surface area contributed by atoms with Crippen LogP contribution in [0, 0.1) is 0 Å². The van der Waals surface area contributed by atoms with Crippen molar-refractivity contribution in [1.82, 2.24) is 15.0 Å². The van der Waals surface area contributed by atoms with Crippen LogP contribution < -0.4 is 4.74 Å². The standard InChI is InChI=1S/C14H16FN3O3/c1-3-21-14(19)12-13(18(8-7-15)17-16-12)10-5-4-6-11(9-10)20-2/h4-6,9H,3,7-8H2,1-2H3. The number of hydrogen-bond donors (Lipinski definition) is 0. The summed E-state index contributed by atoms with van der Waals surface area (Å²) < 4.78 is 24.1. The topological polar surface area (TPSA) is 66.2 Å². The number of rotatable bonds is 6. The van der Waals surface area contributed by atoms with Gasteiger partial charge in [0.1, 0.15) is 18.1 Å². The Bertz CT molecular complexity index is 628. The number of halogens is 1. The number of hydrogen-bond acceptors (Lipinski definition) is 5. The van der Waals surface area contributed by atoms with E-state index in [9.17, 15) is 9.18 Å². The summed E-state index contributed by atoms with van der Waals surface area (Å²) in [5, 5.41) is 7.64. The van der Waals surface area contributed by atoms with Gasteiger partial charge in [-0.15, -0.1) is 5.10 Å². The van der Waals surface area contributed by atoms with Crippen LogP contribution >= 0.6 is 0 Å². The molecule has 1 heterocycles. The summed E-state index contributed by atoms with van der Waals surface area (Å²) >= 11 is 0. The van der Waals surface area contributed by atoms with Crippen molar-refractivity contribution in [1.29, 1.82) is 0 Å². The van der Waals surface area contributed by atoms with Crippen molar-refractivity contribution >= 4 is 5.97 Å². The number of aryl methyl sites for hydroxylation is 1. The van der Waals surface area contributed by atoms with Gasteiger partial charge in [-0.2, -0.15) is 0 Å². The molecule has 7 heteroatoms. The average molecular weight is 293 g/mol. The van der Waals surface area contributed by atoms with E-state index in [-0.39, 0.29) is 18.8 Å². The molecular weight excluding hydrogens is 277 g/mol. The number of benzene rings is 1. The van der Waals surface area contributed by atoms with Gasteiger partial charge in [0, 0.05) is 5.56 Å². The number of carbonyl (C=O) groups excluding carboxylic acids is 1. The van der Waals surface area contributed by atoms with E-state index >= 15 is 0 Å². The van der Waals surface area contributed by atoms with Crippen molar-refractivity contribution in [3.63, 3.8) is 0 Å². The van der Waals surface area contributed by atoms with Gasteiger partial charge in [0.05, 0.1) is 20.3 Å². The lowest BCUT2D eigenvalue weighted by molar-refractivity contribution is 0.0520. The number of aromatic nitrogens is 3. The molecule has 0 aliphatic rings. The number of nitrogens with zero attached hydrogens (tertiary/aromatic N) is 3. The second kappa shape index (κ2) is 6.83. The van der Waals surface area contributed by atoms with Gasteiger partial charge in [-0.1, -0.05) is 17.3 Å². The highest BCUT2D eigenvalue weighted by Gasteiger charge is 2.22. The van der Waals surface area contributed by atoms with Crippen molar-refractivity contribution in [2.45, 2.75) is 13.5 Å². The summed E-state index contributed by atoms with van der Waals surface area (Å²) in [4.78, 5) is 11.9. The molecule has 21 heavy (non-hydrogen) atoms. The molecule has 0 atom stereocenters. The monoisotopic (exact) mass is 293 g/mol. The predicted molar refractivity (Wildman–Crippen MR) is 73.9 cm³/mol. The first-order chi connectivity index (χ1) is 10.2. The van der Waals surface area contributed by atoms with Crippen LogP contribution in [-0.2, 0) is 11.3 Å². The minimum absolute atomic E-state index is 0.0128. The number of ether oxygens (including phenoxy) is 2. The van der Waals surface area contributed by atoms with Crippen LogP contribution in [0.2, 0.25) is 0 Å². The second-order valence-corrected chi connectivity index (χ2v) is 4.15. The maximum Gasteiger partial charge on any atom is 0.361 e. The third-order valence-corrected chi connectivity index (χ3v) is 2.84. The van der Waals surface area contributed by atoms with E-state index in [0.29, 0.717) is 17.0 Å². The van der Waals surface area contributed by atoms with Crippen LogP contribution in [0.1, 0.15) is 17.4 Å². The van der Waals surface area contributed by atoms with Gasteiger partial charge < -0.3 is 9.47 Å². The molecule has 0 fully saturated rings. The molecule has 6 nitrogen and oxygen atoms in total. The Morgan fingerprint density at radius 2 is 2.24 bits per heavy atom. The van der Waals surface area contributed by atoms with E-state index in [1.165, 1.54) is 4.68 Å². The van der Waals surface area contributed by atoms with Gasteiger partial charge in [0.2, 0.25) is 0 Å². The first-order valence-electron chi connectivity index (χ1n) is 6.52. The zero-order valence-electron chi connectivity index (χ0n) is 11.9. The minimum atomic E-state index is -0.609. The van der Waals surface area contributed by atoms with Crippen LogP contribution in [-0.4, -0.2) is 41.4 Å². The Hall–Kier alpha value is -2.44. The van der Waals surface area contributed by atoms with Gasteiger partial charge in [0.15, 0.2) is 5.69 Å². The van der Waals surface area contributed by atoms with Crippen molar-refractivity contribution in [2.24, 2.45) is 0 Å². The van der Waals surface area contributed by atoms with Crippen LogP contribution in [0.3, 0.4) is 0 Å². The number of esters is 1. The summed E-state index contributed by atoms with van der Waals surface area (Å²) in [6, 6.07) is 7.06. The lowest BCUT2D eigenvalue weighted by Crippen LogP contribution is -2.09. The zero-order chi connectivity index (χ0) is 15.2. The van der Waals surface area contributed by atoms with Crippen LogP contribution in [0.25, 0.3) is 11.3 Å². The Balaban J connectivity index is 2.52. The fourth-order valence-electron chi connectivity index (χ4n) is 1.94. The number of methoxy groups -OCH3 is 1. The highest BCUT2D eigenvalue weighted by atomic mass is 19.1. The molecular formula is C14H16FN3O3. The van der Waals surface area contributed by atoms with Gasteiger partial charge in [-0.25, -0.2) is 13.9 Å².